The smallest absolute Gasteiger partial charge is 0.159 e. The lowest BCUT2D eigenvalue weighted by Crippen LogP contribution is -2.50. The molecule has 1 aromatic heterocycles. The highest BCUT2D eigenvalue weighted by Gasteiger charge is 2.29. The average Bonchev–Trinajstić information content (AvgIpc) is 2.48. The highest BCUT2D eigenvalue weighted by molar-refractivity contribution is 5.91. The summed E-state index contributed by atoms with van der Waals surface area (Å²) >= 11 is 0. The first-order valence-electron chi connectivity index (χ1n) is 6.86. The predicted octanol–water partition coefficient (Wildman–Crippen LogP) is 2.21. The Morgan fingerprint density at radius 2 is 1.95 bits per heavy atom. The molecule has 0 spiro atoms. The minimum atomic E-state index is 0.258. The van der Waals surface area contributed by atoms with Crippen molar-refractivity contribution >= 4 is 16.6 Å². The maximum atomic E-state index is 4.36. The van der Waals surface area contributed by atoms with Crippen LogP contribution in [0.3, 0.4) is 0 Å². The van der Waals surface area contributed by atoms with Crippen molar-refractivity contribution in [2.75, 3.05) is 25.0 Å². The number of hydrogen-bond acceptors (Lipinski definition) is 4. The molecule has 4 nitrogen and oxygen atoms in total. The van der Waals surface area contributed by atoms with Gasteiger partial charge in [-0.2, -0.15) is 5.10 Å². The van der Waals surface area contributed by atoms with Crippen LogP contribution in [0.5, 0.6) is 0 Å². The molecular formula is C15H20N4. The first kappa shape index (κ1) is 12.4. The van der Waals surface area contributed by atoms with E-state index in [4.69, 9.17) is 0 Å². The SMILES string of the molecule is CNC1(C)CCN(c2nncc3ccccc23)CC1. The standard InChI is InChI=1S/C15H20N4/c1-15(16-2)7-9-19(10-8-15)14-13-6-4-3-5-12(13)11-17-18-14/h3-6,11,16H,7-10H2,1-2H3. The number of nitrogens with one attached hydrogen (secondary N) is 1. The van der Waals surface area contributed by atoms with Crippen LogP contribution in [-0.4, -0.2) is 35.9 Å². The minimum Gasteiger partial charge on any atom is -0.354 e. The number of piperidine rings is 1. The van der Waals surface area contributed by atoms with Crippen LogP contribution < -0.4 is 10.2 Å². The maximum absolute atomic E-state index is 4.36. The molecule has 1 aliphatic heterocycles. The lowest BCUT2D eigenvalue weighted by molar-refractivity contribution is 0.304. The maximum Gasteiger partial charge on any atom is 0.159 e. The fourth-order valence-corrected chi connectivity index (χ4v) is 2.71. The van der Waals surface area contributed by atoms with Gasteiger partial charge in [-0.1, -0.05) is 24.3 Å². The van der Waals surface area contributed by atoms with E-state index >= 15 is 0 Å². The third kappa shape index (κ3) is 2.28. The Bertz CT molecular complexity index is 568. The Hall–Kier alpha value is -1.68. The van der Waals surface area contributed by atoms with Crippen LogP contribution in [0.15, 0.2) is 30.5 Å². The van der Waals surface area contributed by atoms with Crippen LogP contribution in [0, 0.1) is 0 Å². The van der Waals surface area contributed by atoms with Crippen molar-refractivity contribution in [3.05, 3.63) is 30.5 Å². The molecule has 1 fully saturated rings. The molecule has 2 heterocycles. The topological polar surface area (TPSA) is 41.0 Å². The van der Waals surface area contributed by atoms with E-state index in [9.17, 15) is 0 Å². The van der Waals surface area contributed by atoms with Gasteiger partial charge in [0, 0.05) is 29.4 Å². The quantitative estimate of drug-likeness (QED) is 0.894. The molecule has 0 unspecified atom stereocenters. The van der Waals surface area contributed by atoms with E-state index in [-0.39, 0.29) is 5.54 Å². The summed E-state index contributed by atoms with van der Waals surface area (Å²) < 4.78 is 0. The van der Waals surface area contributed by atoms with E-state index in [1.54, 1.807) is 0 Å². The molecule has 0 bridgehead atoms. The van der Waals surface area contributed by atoms with E-state index in [0.29, 0.717) is 0 Å². The van der Waals surface area contributed by atoms with E-state index < -0.39 is 0 Å². The van der Waals surface area contributed by atoms with Crippen LogP contribution in [0.25, 0.3) is 10.8 Å². The van der Waals surface area contributed by atoms with Crippen molar-refractivity contribution in [2.45, 2.75) is 25.3 Å². The Morgan fingerprint density at radius 3 is 2.68 bits per heavy atom. The molecule has 0 atom stereocenters. The van der Waals surface area contributed by atoms with E-state index in [0.717, 1.165) is 37.1 Å². The first-order valence-corrected chi connectivity index (χ1v) is 6.86. The molecule has 19 heavy (non-hydrogen) atoms. The van der Waals surface area contributed by atoms with Gasteiger partial charge in [0.25, 0.3) is 0 Å². The van der Waals surface area contributed by atoms with Gasteiger partial charge in [-0.05, 0) is 26.8 Å². The van der Waals surface area contributed by atoms with Gasteiger partial charge < -0.3 is 10.2 Å². The van der Waals surface area contributed by atoms with Crippen LogP contribution in [0.1, 0.15) is 19.8 Å². The van der Waals surface area contributed by atoms with Crippen molar-refractivity contribution in [1.29, 1.82) is 0 Å². The lowest BCUT2D eigenvalue weighted by Gasteiger charge is -2.39. The molecule has 1 saturated heterocycles. The Labute approximate surface area is 113 Å². The second kappa shape index (κ2) is 4.78. The molecule has 1 aliphatic rings. The van der Waals surface area contributed by atoms with Gasteiger partial charge in [0.2, 0.25) is 0 Å². The van der Waals surface area contributed by atoms with Gasteiger partial charge in [-0.25, -0.2) is 0 Å². The predicted molar refractivity (Wildman–Crippen MR) is 78.4 cm³/mol. The molecule has 2 aromatic rings. The second-order valence-electron chi connectivity index (χ2n) is 5.55. The van der Waals surface area contributed by atoms with Crippen LogP contribution in [0.4, 0.5) is 5.82 Å². The van der Waals surface area contributed by atoms with E-state index in [1.165, 1.54) is 5.39 Å². The fraction of sp³-hybridized carbons (Fsp3) is 0.467. The molecular weight excluding hydrogens is 236 g/mol. The fourth-order valence-electron chi connectivity index (χ4n) is 2.71. The summed E-state index contributed by atoms with van der Waals surface area (Å²) in [6, 6.07) is 8.33. The zero-order valence-electron chi connectivity index (χ0n) is 11.6. The van der Waals surface area contributed by atoms with Gasteiger partial charge in [0.1, 0.15) is 0 Å². The summed E-state index contributed by atoms with van der Waals surface area (Å²) in [5.41, 5.74) is 0.258. The number of fused-ring (bicyclic) bond motifs is 1. The molecule has 0 amide bonds. The Morgan fingerprint density at radius 1 is 1.21 bits per heavy atom. The highest BCUT2D eigenvalue weighted by Crippen LogP contribution is 2.28. The second-order valence-corrected chi connectivity index (χ2v) is 5.55. The van der Waals surface area contributed by atoms with Gasteiger partial charge in [0.05, 0.1) is 6.20 Å². The number of benzene rings is 1. The number of rotatable bonds is 2. The Kier molecular flexibility index (Phi) is 3.11. The van der Waals surface area contributed by atoms with E-state index in [2.05, 4.69) is 45.5 Å². The van der Waals surface area contributed by atoms with Crippen LogP contribution in [-0.2, 0) is 0 Å². The third-order valence-corrected chi connectivity index (χ3v) is 4.32. The molecule has 3 rings (SSSR count). The summed E-state index contributed by atoms with van der Waals surface area (Å²) in [5, 5.41) is 14.3. The largest absolute Gasteiger partial charge is 0.354 e. The zero-order valence-corrected chi connectivity index (χ0v) is 11.6. The summed E-state index contributed by atoms with van der Waals surface area (Å²) in [6.07, 6.45) is 4.10. The molecule has 1 aromatic carbocycles. The van der Waals surface area contributed by atoms with Crippen molar-refractivity contribution in [2.24, 2.45) is 0 Å². The average molecular weight is 256 g/mol. The Balaban J connectivity index is 1.90. The van der Waals surface area contributed by atoms with Crippen molar-refractivity contribution < 1.29 is 0 Å². The number of anilines is 1. The summed E-state index contributed by atoms with van der Waals surface area (Å²) in [6.45, 7) is 4.35. The van der Waals surface area contributed by atoms with Crippen LogP contribution in [0.2, 0.25) is 0 Å². The van der Waals surface area contributed by atoms with Crippen molar-refractivity contribution in [3.8, 4) is 0 Å². The van der Waals surface area contributed by atoms with Gasteiger partial charge >= 0.3 is 0 Å². The van der Waals surface area contributed by atoms with Gasteiger partial charge in [-0.3, -0.25) is 0 Å². The number of hydrogen-bond donors (Lipinski definition) is 1. The summed E-state index contributed by atoms with van der Waals surface area (Å²) in [7, 11) is 2.05. The molecule has 0 saturated carbocycles. The van der Waals surface area contributed by atoms with Crippen LogP contribution >= 0.6 is 0 Å². The van der Waals surface area contributed by atoms with Crippen molar-refractivity contribution in [3.63, 3.8) is 0 Å². The summed E-state index contributed by atoms with van der Waals surface area (Å²) in [4.78, 5) is 2.36. The lowest BCUT2D eigenvalue weighted by atomic mass is 9.90. The normalized spacial score (nSPS) is 18.7. The molecule has 0 radical (unpaired) electrons. The minimum absolute atomic E-state index is 0.258. The van der Waals surface area contributed by atoms with Gasteiger partial charge in [-0.15, -0.1) is 5.10 Å². The monoisotopic (exact) mass is 256 g/mol. The van der Waals surface area contributed by atoms with Gasteiger partial charge in [0.15, 0.2) is 5.82 Å². The summed E-state index contributed by atoms with van der Waals surface area (Å²) in [5.74, 6) is 1.02. The van der Waals surface area contributed by atoms with Crippen molar-refractivity contribution in [1.82, 2.24) is 15.5 Å². The zero-order chi connectivity index (χ0) is 13.3. The molecule has 100 valence electrons. The molecule has 0 aliphatic carbocycles. The first-order chi connectivity index (χ1) is 9.22. The molecule has 4 heteroatoms. The molecule has 1 N–H and O–H groups in total. The third-order valence-electron chi connectivity index (χ3n) is 4.32. The highest BCUT2D eigenvalue weighted by atomic mass is 15.3. The number of aromatic nitrogens is 2. The van der Waals surface area contributed by atoms with E-state index in [1.807, 2.05) is 19.3 Å². The number of nitrogens with zero attached hydrogens (tertiary/aromatic N) is 3.